The van der Waals surface area contributed by atoms with Gasteiger partial charge in [0, 0.05) is 30.4 Å². The lowest BCUT2D eigenvalue weighted by molar-refractivity contribution is -0.133. The summed E-state index contributed by atoms with van der Waals surface area (Å²) < 4.78 is 0. The second kappa shape index (κ2) is 7.95. The van der Waals surface area contributed by atoms with Crippen molar-refractivity contribution in [3.05, 3.63) is 65.7 Å². The number of benzene rings is 2. The van der Waals surface area contributed by atoms with Crippen molar-refractivity contribution in [2.24, 2.45) is 5.92 Å². The van der Waals surface area contributed by atoms with Crippen molar-refractivity contribution in [2.75, 3.05) is 5.32 Å². The van der Waals surface area contributed by atoms with Gasteiger partial charge in [0.2, 0.25) is 17.7 Å². The second-order valence-corrected chi connectivity index (χ2v) is 6.78. The van der Waals surface area contributed by atoms with Crippen LogP contribution in [0.1, 0.15) is 36.8 Å². The molecule has 0 spiro atoms. The van der Waals surface area contributed by atoms with Crippen molar-refractivity contribution in [3.8, 4) is 0 Å². The van der Waals surface area contributed by atoms with Gasteiger partial charge in [-0.3, -0.25) is 19.7 Å². The zero-order valence-corrected chi connectivity index (χ0v) is 14.7. The summed E-state index contributed by atoms with van der Waals surface area (Å²) in [6.45, 7) is 1.90. The van der Waals surface area contributed by atoms with Crippen molar-refractivity contribution in [2.45, 2.75) is 32.1 Å². The SMILES string of the molecule is C[C@H](Cc1ccccc1)C(=O)Nc1cccc(C2CC(=O)NC(=O)C2)c1. The highest BCUT2D eigenvalue weighted by Crippen LogP contribution is 2.28. The molecule has 1 heterocycles. The van der Waals surface area contributed by atoms with E-state index in [4.69, 9.17) is 0 Å². The van der Waals surface area contributed by atoms with Crippen LogP contribution in [0, 0.1) is 5.92 Å². The third kappa shape index (κ3) is 4.57. The summed E-state index contributed by atoms with van der Waals surface area (Å²) in [7, 11) is 0. The molecule has 0 bridgehead atoms. The Hall–Kier alpha value is -2.95. The first-order valence-electron chi connectivity index (χ1n) is 8.78. The molecule has 0 aromatic heterocycles. The van der Waals surface area contributed by atoms with Crippen LogP contribution in [0.2, 0.25) is 0 Å². The summed E-state index contributed by atoms with van der Waals surface area (Å²) >= 11 is 0. The maximum absolute atomic E-state index is 12.5. The summed E-state index contributed by atoms with van der Waals surface area (Å²) in [6.07, 6.45) is 1.24. The molecule has 1 fully saturated rings. The van der Waals surface area contributed by atoms with E-state index in [2.05, 4.69) is 10.6 Å². The molecule has 1 saturated heterocycles. The number of hydrogen-bond acceptors (Lipinski definition) is 3. The van der Waals surface area contributed by atoms with Gasteiger partial charge in [-0.2, -0.15) is 0 Å². The normalized spacial score (nSPS) is 16.0. The fraction of sp³-hybridized carbons (Fsp3) is 0.286. The molecule has 2 N–H and O–H groups in total. The first-order chi connectivity index (χ1) is 12.5. The van der Waals surface area contributed by atoms with Gasteiger partial charge in [-0.1, -0.05) is 49.4 Å². The predicted molar refractivity (Wildman–Crippen MR) is 99.5 cm³/mol. The number of hydrogen-bond donors (Lipinski definition) is 2. The van der Waals surface area contributed by atoms with Crippen molar-refractivity contribution >= 4 is 23.4 Å². The van der Waals surface area contributed by atoms with Crippen LogP contribution >= 0.6 is 0 Å². The molecule has 26 heavy (non-hydrogen) atoms. The smallest absolute Gasteiger partial charge is 0.227 e. The van der Waals surface area contributed by atoms with E-state index in [1.807, 2.05) is 61.5 Å². The molecule has 3 amide bonds. The number of amides is 3. The second-order valence-electron chi connectivity index (χ2n) is 6.78. The Kier molecular flexibility index (Phi) is 5.46. The summed E-state index contributed by atoms with van der Waals surface area (Å²) in [5.74, 6) is -0.865. The largest absolute Gasteiger partial charge is 0.326 e. The van der Waals surface area contributed by atoms with Gasteiger partial charge in [-0.15, -0.1) is 0 Å². The minimum Gasteiger partial charge on any atom is -0.326 e. The van der Waals surface area contributed by atoms with E-state index < -0.39 is 0 Å². The lowest BCUT2D eigenvalue weighted by Gasteiger charge is -2.22. The summed E-state index contributed by atoms with van der Waals surface area (Å²) in [4.78, 5) is 35.6. The van der Waals surface area contributed by atoms with Gasteiger partial charge in [0.1, 0.15) is 0 Å². The van der Waals surface area contributed by atoms with E-state index in [1.165, 1.54) is 0 Å². The van der Waals surface area contributed by atoms with Crippen LogP contribution in [-0.4, -0.2) is 17.7 Å². The highest BCUT2D eigenvalue weighted by atomic mass is 16.2. The van der Waals surface area contributed by atoms with Crippen molar-refractivity contribution < 1.29 is 14.4 Å². The Morgan fingerprint density at radius 1 is 1.08 bits per heavy atom. The highest BCUT2D eigenvalue weighted by Gasteiger charge is 2.26. The monoisotopic (exact) mass is 350 g/mol. The van der Waals surface area contributed by atoms with Crippen LogP contribution < -0.4 is 10.6 Å². The van der Waals surface area contributed by atoms with Crippen LogP contribution in [0.3, 0.4) is 0 Å². The van der Waals surface area contributed by atoms with Crippen molar-refractivity contribution in [3.63, 3.8) is 0 Å². The minimum absolute atomic E-state index is 0.0523. The summed E-state index contributed by atoms with van der Waals surface area (Å²) in [5.41, 5.74) is 2.70. The Morgan fingerprint density at radius 3 is 2.46 bits per heavy atom. The molecule has 2 aromatic rings. The van der Waals surface area contributed by atoms with Gasteiger partial charge < -0.3 is 5.32 Å². The number of carbonyl (C=O) groups is 3. The number of piperidine rings is 1. The molecular formula is C21H22N2O3. The first-order valence-corrected chi connectivity index (χ1v) is 8.78. The maximum Gasteiger partial charge on any atom is 0.227 e. The molecule has 1 atom stereocenters. The van der Waals surface area contributed by atoms with E-state index in [0.29, 0.717) is 12.1 Å². The Morgan fingerprint density at radius 2 is 1.77 bits per heavy atom. The number of carbonyl (C=O) groups excluding carboxylic acids is 3. The Bertz CT molecular complexity index is 801. The third-order valence-electron chi connectivity index (χ3n) is 4.60. The summed E-state index contributed by atoms with van der Waals surface area (Å²) in [6, 6.07) is 17.3. The number of imide groups is 1. The molecule has 5 nitrogen and oxygen atoms in total. The molecule has 1 aliphatic rings. The Labute approximate surface area is 152 Å². The molecule has 0 saturated carbocycles. The van der Waals surface area contributed by atoms with Crippen molar-refractivity contribution in [1.82, 2.24) is 5.32 Å². The molecule has 2 aromatic carbocycles. The first kappa shape index (κ1) is 17.9. The van der Waals surface area contributed by atoms with Crippen molar-refractivity contribution in [1.29, 1.82) is 0 Å². The standard InChI is InChI=1S/C21H22N2O3/c1-14(10-15-6-3-2-4-7-15)21(26)22-18-9-5-8-16(11-18)17-12-19(24)23-20(25)13-17/h2-9,11,14,17H,10,12-13H2,1H3,(H,22,26)(H,23,24,25)/t14-/m1/s1. The highest BCUT2D eigenvalue weighted by molar-refractivity contribution is 5.98. The molecule has 5 heteroatoms. The number of nitrogens with one attached hydrogen (secondary N) is 2. The molecule has 0 radical (unpaired) electrons. The van der Waals surface area contributed by atoms with Crippen LogP contribution in [0.15, 0.2) is 54.6 Å². The number of anilines is 1. The lowest BCUT2D eigenvalue weighted by Crippen LogP contribution is -2.37. The van der Waals surface area contributed by atoms with Crippen LogP contribution in [0.4, 0.5) is 5.69 Å². The van der Waals surface area contributed by atoms with E-state index in [-0.39, 0.29) is 42.4 Å². The molecule has 0 aliphatic carbocycles. The maximum atomic E-state index is 12.5. The fourth-order valence-corrected chi connectivity index (χ4v) is 3.21. The third-order valence-corrected chi connectivity index (χ3v) is 4.60. The zero-order chi connectivity index (χ0) is 18.5. The molecule has 0 unspecified atom stereocenters. The van der Waals surface area contributed by atoms with Gasteiger partial charge in [0.25, 0.3) is 0 Å². The number of rotatable bonds is 5. The van der Waals surface area contributed by atoms with Gasteiger partial charge in [-0.25, -0.2) is 0 Å². The Balaban J connectivity index is 1.65. The van der Waals surface area contributed by atoms with Crippen LogP contribution in [-0.2, 0) is 20.8 Å². The minimum atomic E-state index is -0.253. The van der Waals surface area contributed by atoms with Gasteiger partial charge >= 0.3 is 0 Å². The van der Waals surface area contributed by atoms with E-state index >= 15 is 0 Å². The lowest BCUT2D eigenvalue weighted by atomic mass is 9.89. The summed E-state index contributed by atoms with van der Waals surface area (Å²) in [5, 5.41) is 5.26. The average molecular weight is 350 g/mol. The quantitative estimate of drug-likeness (QED) is 0.814. The van der Waals surface area contributed by atoms with E-state index in [0.717, 1.165) is 11.1 Å². The predicted octanol–water partition coefficient (Wildman–Crippen LogP) is 3.02. The average Bonchev–Trinajstić information content (AvgIpc) is 2.62. The molecule has 3 rings (SSSR count). The topological polar surface area (TPSA) is 75.3 Å². The zero-order valence-electron chi connectivity index (χ0n) is 14.7. The van der Waals surface area contributed by atoms with E-state index in [9.17, 15) is 14.4 Å². The van der Waals surface area contributed by atoms with Crippen LogP contribution in [0.25, 0.3) is 0 Å². The molecule has 134 valence electrons. The fourth-order valence-electron chi connectivity index (χ4n) is 3.21. The van der Waals surface area contributed by atoms with Crippen LogP contribution in [0.5, 0.6) is 0 Å². The van der Waals surface area contributed by atoms with Gasteiger partial charge in [-0.05, 0) is 29.7 Å². The molecule has 1 aliphatic heterocycles. The van der Waals surface area contributed by atoms with E-state index in [1.54, 1.807) is 0 Å². The molecular weight excluding hydrogens is 328 g/mol. The van der Waals surface area contributed by atoms with Gasteiger partial charge in [0.15, 0.2) is 0 Å². The van der Waals surface area contributed by atoms with Gasteiger partial charge in [0.05, 0.1) is 0 Å².